The monoisotopic (exact) mass is 254 g/mol. The van der Waals surface area contributed by atoms with Crippen LogP contribution in [0.5, 0.6) is 0 Å². The molecular weight excluding hydrogens is 228 g/mol. The maximum Gasteiger partial charge on any atom is 0.0331 e. The first-order chi connectivity index (χ1) is 8.26. The molecule has 0 saturated carbocycles. The SMILES string of the molecule is CCC(CC)C(CN)N(CC)Cc1cccs1. The molecule has 0 radical (unpaired) electrons. The summed E-state index contributed by atoms with van der Waals surface area (Å²) in [6, 6.07) is 4.87. The predicted molar refractivity (Wildman–Crippen MR) is 77.3 cm³/mol. The average Bonchev–Trinajstić information content (AvgIpc) is 2.86. The molecule has 17 heavy (non-hydrogen) atoms. The zero-order valence-electron chi connectivity index (χ0n) is 11.4. The van der Waals surface area contributed by atoms with Gasteiger partial charge in [-0.25, -0.2) is 0 Å². The van der Waals surface area contributed by atoms with Gasteiger partial charge in [0.15, 0.2) is 0 Å². The fourth-order valence-corrected chi connectivity index (χ4v) is 3.27. The number of nitrogens with zero attached hydrogens (tertiary/aromatic N) is 1. The van der Waals surface area contributed by atoms with Crippen LogP contribution >= 0.6 is 11.3 Å². The highest BCUT2D eigenvalue weighted by Crippen LogP contribution is 2.21. The lowest BCUT2D eigenvalue weighted by atomic mass is 9.93. The molecule has 0 fully saturated rings. The summed E-state index contributed by atoms with van der Waals surface area (Å²) in [5.41, 5.74) is 5.99. The van der Waals surface area contributed by atoms with Crippen molar-refractivity contribution in [2.75, 3.05) is 13.1 Å². The van der Waals surface area contributed by atoms with Gasteiger partial charge in [0.25, 0.3) is 0 Å². The van der Waals surface area contributed by atoms with Crippen molar-refractivity contribution in [2.24, 2.45) is 11.7 Å². The van der Waals surface area contributed by atoms with Crippen LogP contribution in [0.4, 0.5) is 0 Å². The second-order valence-corrected chi connectivity index (χ2v) is 5.55. The maximum atomic E-state index is 5.99. The Morgan fingerprint density at radius 2 is 2.00 bits per heavy atom. The Bertz CT molecular complexity index is 280. The summed E-state index contributed by atoms with van der Waals surface area (Å²) in [7, 11) is 0. The second-order valence-electron chi connectivity index (χ2n) is 4.52. The smallest absolute Gasteiger partial charge is 0.0331 e. The van der Waals surface area contributed by atoms with Crippen molar-refractivity contribution in [2.45, 2.75) is 46.2 Å². The lowest BCUT2D eigenvalue weighted by Gasteiger charge is -2.35. The summed E-state index contributed by atoms with van der Waals surface area (Å²) < 4.78 is 0. The molecule has 0 aliphatic carbocycles. The molecule has 1 atom stereocenters. The Balaban J connectivity index is 2.68. The minimum absolute atomic E-state index is 0.525. The summed E-state index contributed by atoms with van der Waals surface area (Å²) in [6.07, 6.45) is 2.44. The number of rotatable bonds is 8. The van der Waals surface area contributed by atoms with Gasteiger partial charge >= 0.3 is 0 Å². The molecule has 1 heterocycles. The maximum absolute atomic E-state index is 5.99. The summed E-state index contributed by atoms with van der Waals surface area (Å²) in [5, 5.41) is 2.15. The van der Waals surface area contributed by atoms with Gasteiger partial charge in [-0.15, -0.1) is 11.3 Å². The first-order valence-corrected chi connectivity index (χ1v) is 7.61. The third-order valence-corrected chi connectivity index (χ3v) is 4.51. The summed E-state index contributed by atoms with van der Waals surface area (Å²) >= 11 is 1.84. The molecule has 1 aromatic heterocycles. The van der Waals surface area contributed by atoms with Gasteiger partial charge in [-0.2, -0.15) is 0 Å². The van der Waals surface area contributed by atoms with Gasteiger partial charge in [0.1, 0.15) is 0 Å². The van der Waals surface area contributed by atoms with Crippen molar-refractivity contribution in [3.63, 3.8) is 0 Å². The molecule has 0 aromatic carbocycles. The van der Waals surface area contributed by atoms with Gasteiger partial charge in [-0.3, -0.25) is 4.90 Å². The highest BCUT2D eigenvalue weighted by atomic mass is 32.1. The molecule has 98 valence electrons. The van der Waals surface area contributed by atoms with Gasteiger partial charge in [0.05, 0.1) is 0 Å². The van der Waals surface area contributed by atoms with Crippen LogP contribution in [0, 0.1) is 5.92 Å². The number of thiophene rings is 1. The Hall–Kier alpha value is -0.380. The molecule has 2 nitrogen and oxygen atoms in total. The number of hydrogen-bond donors (Lipinski definition) is 1. The first kappa shape index (κ1) is 14.7. The lowest BCUT2D eigenvalue weighted by Crippen LogP contribution is -2.44. The topological polar surface area (TPSA) is 29.3 Å². The van der Waals surface area contributed by atoms with Crippen LogP contribution in [0.2, 0.25) is 0 Å². The summed E-state index contributed by atoms with van der Waals surface area (Å²) in [4.78, 5) is 3.97. The third-order valence-electron chi connectivity index (χ3n) is 3.65. The van der Waals surface area contributed by atoms with Crippen molar-refractivity contribution in [3.05, 3.63) is 22.4 Å². The van der Waals surface area contributed by atoms with E-state index in [-0.39, 0.29) is 0 Å². The van der Waals surface area contributed by atoms with E-state index in [0.29, 0.717) is 6.04 Å². The molecule has 3 heteroatoms. The molecule has 1 unspecified atom stereocenters. The fraction of sp³-hybridized carbons (Fsp3) is 0.714. The van der Waals surface area contributed by atoms with E-state index in [0.717, 1.165) is 25.6 Å². The van der Waals surface area contributed by atoms with E-state index in [4.69, 9.17) is 5.73 Å². The van der Waals surface area contributed by atoms with E-state index in [1.165, 1.54) is 17.7 Å². The van der Waals surface area contributed by atoms with Gasteiger partial charge in [-0.1, -0.05) is 39.7 Å². The molecule has 2 N–H and O–H groups in total. The van der Waals surface area contributed by atoms with E-state index in [2.05, 4.69) is 43.2 Å². The normalized spacial score (nSPS) is 13.5. The molecular formula is C14H26N2S. The second kappa shape index (κ2) is 7.85. The molecule has 0 spiro atoms. The van der Waals surface area contributed by atoms with Crippen molar-refractivity contribution in [1.29, 1.82) is 0 Å². The summed E-state index contributed by atoms with van der Waals surface area (Å²) in [6.45, 7) is 9.68. The molecule has 0 aliphatic rings. The van der Waals surface area contributed by atoms with Crippen LogP contribution in [0.15, 0.2) is 17.5 Å². The van der Waals surface area contributed by atoms with Gasteiger partial charge < -0.3 is 5.73 Å². The van der Waals surface area contributed by atoms with E-state index >= 15 is 0 Å². The van der Waals surface area contributed by atoms with Crippen LogP contribution in [-0.2, 0) is 6.54 Å². The minimum atomic E-state index is 0.525. The van der Waals surface area contributed by atoms with Crippen LogP contribution in [0.1, 0.15) is 38.5 Å². The largest absolute Gasteiger partial charge is 0.329 e. The fourth-order valence-electron chi connectivity index (χ4n) is 2.54. The number of likely N-dealkylation sites (N-methyl/N-ethyl adjacent to an activating group) is 1. The Labute approximate surface area is 110 Å². The Kier molecular flexibility index (Phi) is 6.78. The first-order valence-electron chi connectivity index (χ1n) is 6.73. The summed E-state index contributed by atoms with van der Waals surface area (Å²) in [5.74, 6) is 0.722. The number of hydrogen-bond acceptors (Lipinski definition) is 3. The molecule has 1 aromatic rings. The zero-order chi connectivity index (χ0) is 12.7. The van der Waals surface area contributed by atoms with E-state index in [1.54, 1.807) is 0 Å². The standard InChI is InChI=1S/C14H26N2S/c1-4-12(5-2)14(10-15)16(6-3)11-13-8-7-9-17-13/h7-9,12,14H,4-6,10-11,15H2,1-3H3. The van der Waals surface area contributed by atoms with Crippen molar-refractivity contribution in [3.8, 4) is 0 Å². The molecule has 0 saturated heterocycles. The van der Waals surface area contributed by atoms with E-state index in [9.17, 15) is 0 Å². The van der Waals surface area contributed by atoms with Crippen molar-refractivity contribution < 1.29 is 0 Å². The average molecular weight is 254 g/mol. The highest BCUT2D eigenvalue weighted by molar-refractivity contribution is 7.09. The molecule has 1 rings (SSSR count). The molecule has 0 bridgehead atoms. The Morgan fingerprint density at radius 1 is 1.29 bits per heavy atom. The van der Waals surface area contributed by atoms with Crippen LogP contribution in [-0.4, -0.2) is 24.0 Å². The quantitative estimate of drug-likeness (QED) is 0.771. The molecule has 0 amide bonds. The zero-order valence-corrected chi connectivity index (χ0v) is 12.2. The van der Waals surface area contributed by atoms with E-state index < -0.39 is 0 Å². The predicted octanol–water partition coefficient (Wildman–Crippen LogP) is 3.33. The van der Waals surface area contributed by atoms with Gasteiger partial charge in [-0.05, 0) is 23.9 Å². The van der Waals surface area contributed by atoms with Gasteiger partial charge in [0.2, 0.25) is 0 Å². The minimum Gasteiger partial charge on any atom is -0.329 e. The van der Waals surface area contributed by atoms with E-state index in [1.807, 2.05) is 11.3 Å². The van der Waals surface area contributed by atoms with Crippen LogP contribution < -0.4 is 5.73 Å². The third kappa shape index (κ3) is 4.09. The van der Waals surface area contributed by atoms with Crippen LogP contribution in [0.25, 0.3) is 0 Å². The van der Waals surface area contributed by atoms with Crippen LogP contribution in [0.3, 0.4) is 0 Å². The molecule has 0 aliphatic heterocycles. The highest BCUT2D eigenvalue weighted by Gasteiger charge is 2.23. The van der Waals surface area contributed by atoms with Gasteiger partial charge in [0, 0.05) is 24.0 Å². The van der Waals surface area contributed by atoms with Crippen molar-refractivity contribution >= 4 is 11.3 Å². The van der Waals surface area contributed by atoms with Crippen molar-refractivity contribution in [1.82, 2.24) is 4.90 Å². The Morgan fingerprint density at radius 3 is 2.41 bits per heavy atom. The lowest BCUT2D eigenvalue weighted by molar-refractivity contribution is 0.140. The number of nitrogens with two attached hydrogens (primary N) is 1.